The van der Waals surface area contributed by atoms with Crippen molar-refractivity contribution in [3.63, 3.8) is 0 Å². The lowest BCUT2D eigenvalue weighted by Gasteiger charge is -2.13. The Hall–Kier alpha value is -1.51. The number of carbonyl (C=O) groups excluding carboxylic acids is 1. The molecule has 0 atom stereocenters. The summed E-state index contributed by atoms with van der Waals surface area (Å²) in [4.78, 5) is 11.8. The maximum Gasteiger partial charge on any atom is 0.220 e. The van der Waals surface area contributed by atoms with Crippen LogP contribution in [0.4, 0.5) is 0 Å². The van der Waals surface area contributed by atoms with E-state index in [1.54, 1.807) is 0 Å². The molecule has 1 heterocycles. The van der Waals surface area contributed by atoms with Gasteiger partial charge in [-0.05, 0) is 50.7 Å². The van der Waals surface area contributed by atoms with E-state index in [0.717, 1.165) is 19.4 Å². The van der Waals surface area contributed by atoms with Gasteiger partial charge in [-0.15, -0.1) is 0 Å². The van der Waals surface area contributed by atoms with Crippen molar-refractivity contribution in [3.05, 3.63) is 35.7 Å². The van der Waals surface area contributed by atoms with E-state index >= 15 is 0 Å². The van der Waals surface area contributed by atoms with Gasteiger partial charge in [-0.2, -0.15) is 0 Å². The predicted molar refractivity (Wildman–Crippen MR) is 77.9 cm³/mol. The van der Waals surface area contributed by atoms with Gasteiger partial charge in [-0.3, -0.25) is 4.79 Å². The van der Waals surface area contributed by atoms with Gasteiger partial charge in [0, 0.05) is 31.9 Å². The number of carbonyl (C=O) groups is 1. The maximum atomic E-state index is 11.8. The summed E-state index contributed by atoms with van der Waals surface area (Å²) < 4.78 is 2.07. The number of rotatable bonds is 6. The third kappa shape index (κ3) is 4.58. The molecular weight excluding hydrogens is 236 g/mol. The summed E-state index contributed by atoms with van der Waals surface area (Å²) in [6.07, 6.45) is 11.9. The molecule has 0 saturated carbocycles. The molecule has 0 aromatic carbocycles. The van der Waals surface area contributed by atoms with Crippen molar-refractivity contribution in [2.45, 2.75) is 44.9 Å². The van der Waals surface area contributed by atoms with Crippen molar-refractivity contribution in [3.8, 4) is 0 Å². The summed E-state index contributed by atoms with van der Waals surface area (Å²) in [5.74, 6) is 0.164. The highest BCUT2D eigenvalue weighted by Gasteiger charge is 2.06. The van der Waals surface area contributed by atoms with Gasteiger partial charge in [0.05, 0.1) is 0 Å². The summed E-state index contributed by atoms with van der Waals surface area (Å²) in [5, 5.41) is 3.02. The van der Waals surface area contributed by atoms with Gasteiger partial charge >= 0.3 is 0 Å². The number of nitrogens with one attached hydrogen (secondary N) is 1. The Balaban J connectivity index is 1.62. The third-order valence-corrected chi connectivity index (χ3v) is 3.81. The second-order valence-electron chi connectivity index (χ2n) is 5.32. The lowest BCUT2D eigenvalue weighted by atomic mass is 9.97. The van der Waals surface area contributed by atoms with E-state index < -0.39 is 0 Å². The number of amides is 1. The predicted octanol–water partition coefficient (Wildman–Crippen LogP) is 2.96. The minimum absolute atomic E-state index is 0.164. The van der Waals surface area contributed by atoms with Crippen LogP contribution >= 0.6 is 0 Å². The number of aryl methyl sites for hydroxylation is 2. The first-order chi connectivity index (χ1) is 9.25. The fraction of sp³-hybridized carbons (Fsp3) is 0.562. The molecule has 0 spiro atoms. The Kier molecular flexibility index (Phi) is 5.25. The van der Waals surface area contributed by atoms with E-state index in [2.05, 4.69) is 22.0 Å². The summed E-state index contributed by atoms with van der Waals surface area (Å²) in [6.45, 7) is 0.789. The number of hydrogen-bond donors (Lipinski definition) is 1. The summed E-state index contributed by atoms with van der Waals surface area (Å²) in [7, 11) is 2.02. The smallest absolute Gasteiger partial charge is 0.220 e. The molecule has 1 aliphatic rings. The molecule has 1 amide bonds. The molecule has 104 valence electrons. The Morgan fingerprint density at radius 3 is 2.95 bits per heavy atom. The zero-order valence-electron chi connectivity index (χ0n) is 11.8. The highest BCUT2D eigenvalue weighted by molar-refractivity contribution is 5.76. The van der Waals surface area contributed by atoms with Crippen LogP contribution in [-0.2, 0) is 18.3 Å². The molecule has 0 bridgehead atoms. The molecule has 19 heavy (non-hydrogen) atoms. The molecule has 1 aromatic rings. The fourth-order valence-electron chi connectivity index (χ4n) is 2.58. The molecule has 0 fully saturated rings. The molecule has 0 radical (unpaired) electrons. The second kappa shape index (κ2) is 7.17. The van der Waals surface area contributed by atoms with Crippen LogP contribution in [0.5, 0.6) is 0 Å². The standard InChI is InChI=1S/C16H24N2O/c1-18-13-5-8-15(18)9-10-16(19)17-12-11-14-6-3-2-4-7-14/h5-6,8,13H,2-4,7,9-12H2,1H3,(H,17,19). The molecule has 1 aromatic heterocycles. The normalized spacial score (nSPS) is 15.1. The minimum Gasteiger partial charge on any atom is -0.356 e. The summed E-state index contributed by atoms with van der Waals surface area (Å²) >= 11 is 0. The van der Waals surface area contributed by atoms with Crippen LogP contribution in [0.2, 0.25) is 0 Å². The molecule has 0 saturated heterocycles. The molecule has 1 aliphatic carbocycles. The first-order valence-corrected chi connectivity index (χ1v) is 7.30. The van der Waals surface area contributed by atoms with E-state index in [1.807, 2.05) is 19.3 Å². The monoisotopic (exact) mass is 260 g/mol. The Bertz CT molecular complexity index is 445. The topological polar surface area (TPSA) is 34.0 Å². The van der Waals surface area contributed by atoms with Gasteiger partial charge in [0.15, 0.2) is 0 Å². The molecule has 0 unspecified atom stereocenters. The number of aromatic nitrogens is 1. The number of hydrogen-bond acceptors (Lipinski definition) is 1. The third-order valence-electron chi connectivity index (χ3n) is 3.81. The first kappa shape index (κ1) is 13.9. The van der Waals surface area contributed by atoms with Gasteiger partial charge in [0.1, 0.15) is 0 Å². The Morgan fingerprint density at radius 1 is 1.37 bits per heavy atom. The lowest BCUT2D eigenvalue weighted by molar-refractivity contribution is -0.121. The van der Waals surface area contributed by atoms with Crippen LogP contribution in [0.25, 0.3) is 0 Å². The van der Waals surface area contributed by atoms with Crippen molar-refractivity contribution < 1.29 is 4.79 Å². The van der Waals surface area contributed by atoms with E-state index in [1.165, 1.54) is 37.0 Å². The van der Waals surface area contributed by atoms with Crippen molar-refractivity contribution in [2.24, 2.45) is 7.05 Å². The van der Waals surface area contributed by atoms with Gasteiger partial charge < -0.3 is 9.88 Å². The molecule has 3 nitrogen and oxygen atoms in total. The average Bonchev–Trinajstić information content (AvgIpc) is 2.83. The van der Waals surface area contributed by atoms with Crippen LogP contribution in [0.15, 0.2) is 30.0 Å². The highest BCUT2D eigenvalue weighted by atomic mass is 16.1. The minimum atomic E-state index is 0.164. The van der Waals surface area contributed by atoms with Crippen molar-refractivity contribution >= 4 is 5.91 Å². The van der Waals surface area contributed by atoms with Gasteiger partial charge in [-0.1, -0.05) is 11.6 Å². The largest absolute Gasteiger partial charge is 0.356 e. The van der Waals surface area contributed by atoms with Crippen LogP contribution in [0.1, 0.15) is 44.2 Å². The van der Waals surface area contributed by atoms with Gasteiger partial charge in [0.25, 0.3) is 0 Å². The summed E-state index contributed by atoms with van der Waals surface area (Å²) in [6, 6.07) is 4.09. The SMILES string of the molecule is Cn1cccc1CCC(=O)NCCC1=CCCCC1. The van der Waals surface area contributed by atoms with Gasteiger partial charge in [-0.25, -0.2) is 0 Å². The van der Waals surface area contributed by atoms with Crippen LogP contribution in [-0.4, -0.2) is 17.0 Å². The first-order valence-electron chi connectivity index (χ1n) is 7.30. The number of nitrogens with zero attached hydrogens (tertiary/aromatic N) is 1. The molecule has 1 N–H and O–H groups in total. The molecular formula is C16H24N2O. The Labute approximate surface area is 115 Å². The van der Waals surface area contributed by atoms with E-state index in [4.69, 9.17) is 0 Å². The second-order valence-corrected chi connectivity index (χ2v) is 5.32. The number of allylic oxidation sites excluding steroid dienone is 1. The van der Waals surface area contributed by atoms with Crippen LogP contribution in [0, 0.1) is 0 Å². The summed E-state index contributed by atoms with van der Waals surface area (Å²) in [5.41, 5.74) is 2.74. The van der Waals surface area contributed by atoms with Crippen molar-refractivity contribution in [2.75, 3.05) is 6.54 Å². The van der Waals surface area contributed by atoms with E-state index in [-0.39, 0.29) is 5.91 Å². The average molecular weight is 260 g/mol. The van der Waals surface area contributed by atoms with E-state index in [9.17, 15) is 4.79 Å². The lowest BCUT2D eigenvalue weighted by Crippen LogP contribution is -2.25. The fourth-order valence-corrected chi connectivity index (χ4v) is 2.58. The zero-order chi connectivity index (χ0) is 13.5. The van der Waals surface area contributed by atoms with Crippen LogP contribution in [0.3, 0.4) is 0 Å². The molecule has 3 heteroatoms. The molecule has 0 aliphatic heterocycles. The van der Waals surface area contributed by atoms with Crippen molar-refractivity contribution in [1.29, 1.82) is 0 Å². The van der Waals surface area contributed by atoms with E-state index in [0.29, 0.717) is 6.42 Å². The maximum absolute atomic E-state index is 11.8. The van der Waals surface area contributed by atoms with Gasteiger partial charge in [0.2, 0.25) is 5.91 Å². The Morgan fingerprint density at radius 2 is 2.26 bits per heavy atom. The zero-order valence-corrected chi connectivity index (χ0v) is 11.8. The quantitative estimate of drug-likeness (QED) is 0.784. The van der Waals surface area contributed by atoms with Crippen molar-refractivity contribution in [1.82, 2.24) is 9.88 Å². The highest BCUT2D eigenvalue weighted by Crippen LogP contribution is 2.19. The molecule has 2 rings (SSSR count). The van der Waals surface area contributed by atoms with Crippen LogP contribution < -0.4 is 5.32 Å².